The number of carbonyl (C=O) groups excluding carboxylic acids is 2. The zero-order chi connectivity index (χ0) is 21.5. The number of rotatable bonds is 7. The van der Waals surface area contributed by atoms with Gasteiger partial charge < -0.3 is 15.5 Å². The van der Waals surface area contributed by atoms with Crippen molar-refractivity contribution in [2.45, 2.75) is 24.8 Å². The molecule has 7 nitrogen and oxygen atoms in total. The number of amides is 2. The monoisotopic (exact) mass is 451 g/mol. The van der Waals surface area contributed by atoms with Crippen molar-refractivity contribution < 1.29 is 14.0 Å². The van der Waals surface area contributed by atoms with Gasteiger partial charge >= 0.3 is 0 Å². The maximum Gasteiger partial charge on any atom is 0.234 e. The maximum absolute atomic E-state index is 13.8. The normalized spacial score (nSPS) is 14.4. The number of hydrogen-bond donors (Lipinski definition) is 2. The Labute approximate surface area is 183 Å². The number of aromatic nitrogens is 2. The summed E-state index contributed by atoms with van der Waals surface area (Å²) in [5, 5.41) is 6.32. The molecule has 30 heavy (non-hydrogen) atoms. The van der Waals surface area contributed by atoms with Crippen molar-refractivity contribution in [2.24, 2.45) is 5.92 Å². The Bertz CT molecular complexity index is 909. The highest BCUT2D eigenvalue weighted by Crippen LogP contribution is 2.25. The second-order valence-electron chi connectivity index (χ2n) is 6.83. The number of piperidine rings is 1. The van der Waals surface area contributed by atoms with Gasteiger partial charge in [-0.3, -0.25) is 9.59 Å². The molecule has 10 heteroatoms. The van der Waals surface area contributed by atoms with E-state index >= 15 is 0 Å². The lowest BCUT2D eigenvalue weighted by atomic mass is 9.96. The molecular weight excluding hydrogens is 429 g/mol. The minimum atomic E-state index is -0.582. The fourth-order valence-corrected chi connectivity index (χ4v) is 4.01. The van der Waals surface area contributed by atoms with Crippen LogP contribution >= 0.6 is 23.4 Å². The largest absolute Gasteiger partial charge is 0.356 e. The van der Waals surface area contributed by atoms with E-state index in [1.54, 1.807) is 0 Å². The van der Waals surface area contributed by atoms with Crippen LogP contribution in [0, 0.1) is 11.7 Å². The van der Waals surface area contributed by atoms with Crippen LogP contribution < -0.4 is 15.5 Å². The molecule has 1 aromatic carbocycles. The summed E-state index contributed by atoms with van der Waals surface area (Å²) in [4.78, 5) is 34.8. The summed E-state index contributed by atoms with van der Waals surface area (Å²) in [7, 11) is 0. The van der Waals surface area contributed by atoms with E-state index in [2.05, 4.69) is 25.5 Å². The number of benzene rings is 1. The van der Waals surface area contributed by atoms with Crippen molar-refractivity contribution in [3.8, 4) is 0 Å². The third-order valence-corrected chi connectivity index (χ3v) is 5.89. The molecule has 1 aromatic heterocycles. The molecule has 0 spiro atoms. The lowest BCUT2D eigenvalue weighted by Gasteiger charge is -2.32. The van der Waals surface area contributed by atoms with Gasteiger partial charge in [-0.2, -0.15) is 0 Å². The van der Waals surface area contributed by atoms with Crippen molar-refractivity contribution in [1.29, 1.82) is 0 Å². The predicted molar refractivity (Wildman–Crippen MR) is 116 cm³/mol. The fraction of sp³-hybridized carbons (Fsp3) is 0.400. The van der Waals surface area contributed by atoms with Gasteiger partial charge in [0.15, 0.2) is 0 Å². The van der Waals surface area contributed by atoms with Crippen LogP contribution in [0.4, 0.5) is 15.9 Å². The third kappa shape index (κ3) is 6.06. The predicted octanol–water partition coefficient (Wildman–Crippen LogP) is 3.35. The molecule has 0 radical (unpaired) electrons. The Kier molecular flexibility index (Phi) is 7.87. The van der Waals surface area contributed by atoms with E-state index < -0.39 is 5.82 Å². The number of carbonyl (C=O) groups is 2. The van der Waals surface area contributed by atoms with Gasteiger partial charge in [0.1, 0.15) is 23.0 Å². The first-order valence-electron chi connectivity index (χ1n) is 9.68. The molecular formula is C20H23ClFN5O2S. The molecule has 2 aromatic rings. The lowest BCUT2D eigenvalue weighted by molar-refractivity contribution is -0.125. The van der Waals surface area contributed by atoms with Gasteiger partial charge in [-0.1, -0.05) is 23.4 Å². The molecule has 1 fully saturated rings. The molecule has 160 valence electrons. The first-order chi connectivity index (χ1) is 14.5. The molecule has 1 aliphatic heterocycles. The van der Waals surface area contributed by atoms with E-state index in [1.165, 1.54) is 30.2 Å². The van der Waals surface area contributed by atoms with E-state index in [0.29, 0.717) is 11.6 Å². The van der Waals surface area contributed by atoms with Gasteiger partial charge in [0.25, 0.3) is 0 Å². The summed E-state index contributed by atoms with van der Waals surface area (Å²) in [5.74, 6) is 0.0713. The molecule has 0 aliphatic carbocycles. The summed E-state index contributed by atoms with van der Waals surface area (Å²) in [6.07, 6.45) is 3.01. The van der Waals surface area contributed by atoms with Gasteiger partial charge in [-0.15, -0.1) is 0 Å². The molecule has 1 aliphatic rings. The van der Waals surface area contributed by atoms with Crippen molar-refractivity contribution in [3.63, 3.8) is 0 Å². The number of anilines is 2. The van der Waals surface area contributed by atoms with Gasteiger partial charge in [0, 0.05) is 36.6 Å². The molecule has 0 saturated carbocycles. The standard InChI is InChI=1S/C20H23ClFN5O2S/c1-2-23-20(29)13-5-7-27(8-6-13)17-10-19(25-12-24-17)30-11-18(28)26-16-4-3-14(21)9-15(16)22/h3-4,9-10,12-13H,2,5-8,11H2,1H3,(H,23,29)(H,26,28). The Morgan fingerprint density at radius 3 is 2.73 bits per heavy atom. The summed E-state index contributed by atoms with van der Waals surface area (Å²) < 4.78 is 13.8. The van der Waals surface area contributed by atoms with Crippen LogP contribution in [0.15, 0.2) is 35.6 Å². The molecule has 2 N–H and O–H groups in total. The van der Waals surface area contributed by atoms with Crippen LogP contribution in [0.3, 0.4) is 0 Å². The summed E-state index contributed by atoms with van der Waals surface area (Å²) >= 11 is 6.96. The van der Waals surface area contributed by atoms with Crippen molar-refractivity contribution >= 4 is 46.7 Å². The van der Waals surface area contributed by atoms with Crippen molar-refractivity contribution in [1.82, 2.24) is 15.3 Å². The minimum absolute atomic E-state index is 0.0360. The Balaban J connectivity index is 1.52. The molecule has 2 amide bonds. The average Bonchev–Trinajstić information content (AvgIpc) is 2.75. The lowest BCUT2D eigenvalue weighted by Crippen LogP contribution is -2.40. The van der Waals surface area contributed by atoms with Crippen LogP contribution in [0.25, 0.3) is 0 Å². The summed E-state index contributed by atoms with van der Waals surface area (Å²) in [6, 6.07) is 5.91. The minimum Gasteiger partial charge on any atom is -0.356 e. The number of halogens is 2. The van der Waals surface area contributed by atoms with Gasteiger partial charge in [-0.05, 0) is 38.0 Å². The van der Waals surface area contributed by atoms with E-state index in [4.69, 9.17) is 11.6 Å². The highest BCUT2D eigenvalue weighted by Gasteiger charge is 2.25. The van der Waals surface area contributed by atoms with Gasteiger partial charge in [-0.25, -0.2) is 14.4 Å². The second-order valence-corrected chi connectivity index (χ2v) is 8.26. The smallest absolute Gasteiger partial charge is 0.234 e. The average molecular weight is 452 g/mol. The van der Waals surface area contributed by atoms with E-state index in [9.17, 15) is 14.0 Å². The van der Waals surface area contributed by atoms with Crippen LogP contribution in [-0.2, 0) is 9.59 Å². The number of nitrogens with one attached hydrogen (secondary N) is 2. The quantitative estimate of drug-likeness (QED) is 0.496. The molecule has 0 atom stereocenters. The summed E-state index contributed by atoms with van der Waals surface area (Å²) in [5.41, 5.74) is 0.0864. The maximum atomic E-state index is 13.8. The topological polar surface area (TPSA) is 87.2 Å². The fourth-order valence-electron chi connectivity index (χ4n) is 3.19. The Morgan fingerprint density at radius 2 is 2.03 bits per heavy atom. The second kappa shape index (κ2) is 10.6. The van der Waals surface area contributed by atoms with E-state index in [1.807, 2.05) is 13.0 Å². The number of thioether (sulfide) groups is 1. The first-order valence-corrected chi connectivity index (χ1v) is 11.0. The molecule has 0 bridgehead atoms. The molecule has 1 saturated heterocycles. The molecule has 0 unspecified atom stereocenters. The summed E-state index contributed by atoms with van der Waals surface area (Å²) in [6.45, 7) is 4.03. The van der Waals surface area contributed by atoms with Crippen molar-refractivity contribution in [2.75, 3.05) is 35.6 Å². The Hall–Kier alpha value is -2.39. The van der Waals surface area contributed by atoms with Crippen LogP contribution in [-0.4, -0.2) is 47.2 Å². The van der Waals surface area contributed by atoms with Gasteiger partial charge in [0.2, 0.25) is 11.8 Å². The number of hydrogen-bond acceptors (Lipinski definition) is 6. The Morgan fingerprint density at radius 1 is 1.27 bits per heavy atom. The SMILES string of the molecule is CCNC(=O)C1CCN(c2cc(SCC(=O)Nc3ccc(Cl)cc3F)ncn2)CC1. The number of nitrogens with zero attached hydrogens (tertiary/aromatic N) is 3. The van der Waals surface area contributed by atoms with Gasteiger partial charge in [0.05, 0.1) is 11.4 Å². The first kappa shape index (κ1) is 22.3. The highest BCUT2D eigenvalue weighted by atomic mass is 35.5. The molecule has 2 heterocycles. The van der Waals surface area contributed by atoms with Crippen molar-refractivity contribution in [3.05, 3.63) is 41.4 Å². The van der Waals surface area contributed by atoms with E-state index in [0.717, 1.165) is 37.8 Å². The third-order valence-electron chi connectivity index (χ3n) is 4.72. The van der Waals surface area contributed by atoms with Crippen LogP contribution in [0.1, 0.15) is 19.8 Å². The van der Waals surface area contributed by atoms with E-state index in [-0.39, 0.29) is 34.2 Å². The zero-order valence-corrected chi connectivity index (χ0v) is 18.1. The van der Waals surface area contributed by atoms with Crippen LogP contribution in [0.2, 0.25) is 5.02 Å². The zero-order valence-electron chi connectivity index (χ0n) is 16.5. The van der Waals surface area contributed by atoms with Crippen LogP contribution in [0.5, 0.6) is 0 Å². The molecule has 3 rings (SSSR count). The highest BCUT2D eigenvalue weighted by molar-refractivity contribution is 7.99.